The maximum absolute atomic E-state index is 13.4. The van der Waals surface area contributed by atoms with Gasteiger partial charge in [0.05, 0.1) is 17.8 Å². The van der Waals surface area contributed by atoms with Gasteiger partial charge in [-0.15, -0.1) is 0 Å². The summed E-state index contributed by atoms with van der Waals surface area (Å²) < 4.78 is 13.2. The van der Waals surface area contributed by atoms with Gasteiger partial charge in [0.25, 0.3) is 0 Å². The van der Waals surface area contributed by atoms with Gasteiger partial charge in [-0.1, -0.05) is 6.07 Å². The third kappa shape index (κ3) is 5.51. The monoisotopic (exact) mass is 546 g/mol. The smallest absolute Gasteiger partial charge is 0.320 e. The Balaban J connectivity index is 1.25. The maximum atomic E-state index is 13.4. The highest BCUT2D eigenvalue weighted by Crippen LogP contribution is 2.45. The van der Waals surface area contributed by atoms with Gasteiger partial charge in [0.1, 0.15) is 11.6 Å². The summed E-state index contributed by atoms with van der Waals surface area (Å²) in [7, 11) is 1.90. The van der Waals surface area contributed by atoms with Crippen molar-refractivity contribution in [3.8, 4) is 0 Å². The Morgan fingerprint density at radius 3 is 2.67 bits per heavy atom. The molecule has 1 saturated carbocycles. The number of nitrogens with two attached hydrogens (primary N) is 1. The summed E-state index contributed by atoms with van der Waals surface area (Å²) in [5, 5.41) is 10.4. The molecule has 1 atom stereocenters. The Hall–Kier alpha value is -4.35. The van der Waals surface area contributed by atoms with E-state index in [1.54, 1.807) is 12.3 Å². The number of aryl methyl sites for hydroxylation is 2. The quantitative estimate of drug-likeness (QED) is 0.356. The number of allylic oxidation sites excluding steroid dienone is 1. The predicted molar refractivity (Wildman–Crippen MR) is 151 cm³/mol. The van der Waals surface area contributed by atoms with Crippen LogP contribution >= 0.6 is 0 Å². The van der Waals surface area contributed by atoms with Gasteiger partial charge >= 0.3 is 6.03 Å². The van der Waals surface area contributed by atoms with Gasteiger partial charge in [0.15, 0.2) is 17.5 Å². The number of nitrogens with zero attached hydrogens (tertiary/aromatic N) is 7. The number of aromatic nitrogens is 5. The molecule has 3 aromatic rings. The van der Waals surface area contributed by atoms with Gasteiger partial charge in [-0.25, -0.2) is 29.1 Å². The van der Waals surface area contributed by atoms with Crippen molar-refractivity contribution < 1.29 is 9.18 Å². The largest absolute Gasteiger partial charge is 0.402 e. The Labute approximate surface area is 232 Å². The molecule has 3 aromatic heterocycles. The molecule has 0 radical (unpaired) electrons. The molecule has 5 rings (SSSR count). The van der Waals surface area contributed by atoms with E-state index in [1.807, 2.05) is 55.8 Å². The molecule has 1 saturated heterocycles. The molecule has 2 aliphatic rings. The van der Waals surface area contributed by atoms with Crippen LogP contribution in [-0.4, -0.2) is 66.3 Å². The van der Waals surface area contributed by atoms with E-state index >= 15 is 0 Å². The molecule has 4 N–H and O–H groups in total. The van der Waals surface area contributed by atoms with Crippen molar-refractivity contribution in [1.82, 2.24) is 34.9 Å². The van der Waals surface area contributed by atoms with Crippen molar-refractivity contribution in [3.05, 3.63) is 65.3 Å². The number of halogens is 1. The summed E-state index contributed by atoms with van der Waals surface area (Å²) in [6.07, 6.45) is 7.07. The van der Waals surface area contributed by atoms with Gasteiger partial charge < -0.3 is 20.9 Å². The first-order valence-electron chi connectivity index (χ1n) is 13.4. The van der Waals surface area contributed by atoms with Crippen LogP contribution in [0, 0.1) is 13.8 Å². The van der Waals surface area contributed by atoms with Gasteiger partial charge in [-0.2, -0.15) is 5.10 Å². The number of aromatic amines is 1. The first kappa shape index (κ1) is 27.2. The van der Waals surface area contributed by atoms with E-state index in [0.717, 1.165) is 72.5 Å². The Morgan fingerprint density at radius 2 is 2.02 bits per heavy atom. The number of hydrogen-bond donors (Lipinski definition) is 3. The molecule has 40 heavy (non-hydrogen) atoms. The second-order valence-corrected chi connectivity index (χ2v) is 10.7. The average Bonchev–Trinajstić information content (AvgIpc) is 3.47. The second-order valence-electron chi connectivity index (χ2n) is 10.7. The molecule has 0 bridgehead atoms. The number of likely N-dealkylation sites (N-methyl/N-ethyl adjacent to an activating group) is 1. The van der Waals surface area contributed by atoms with Crippen molar-refractivity contribution in [2.75, 3.05) is 18.9 Å². The number of pyridine rings is 1. The summed E-state index contributed by atoms with van der Waals surface area (Å²) >= 11 is 0. The van der Waals surface area contributed by atoms with Crippen LogP contribution in [0.15, 0.2) is 47.5 Å². The lowest BCUT2D eigenvalue weighted by Crippen LogP contribution is -2.47. The molecule has 1 aliphatic heterocycles. The Morgan fingerprint density at radius 1 is 1.25 bits per heavy atom. The molecule has 2 fully saturated rings. The standard InChI is InChI=1S/C28H35FN10O/c1-17-11-24(34-25-12-18(2)36-37-25)35-26(33-17)20-7-9-28(10-8-20)16-39(27(40)38(28)4)19(3)21-5-6-23(31-14-21)32-15-22(29)13-30/h5-6,11-15,19-20H,7-10,16,30H2,1-4H3,(H2,33,34,35,36,37). The van der Waals surface area contributed by atoms with Crippen molar-refractivity contribution in [2.45, 2.75) is 64.0 Å². The Kier molecular flexibility index (Phi) is 7.51. The van der Waals surface area contributed by atoms with Crippen LogP contribution in [0.1, 0.15) is 67.3 Å². The van der Waals surface area contributed by atoms with Crippen molar-refractivity contribution in [3.63, 3.8) is 0 Å². The molecule has 2 amide bonds. The average molecular weight is 547 g/mol. The van der Waals surface area contributed by atoms with Gasteiger partial charge in [-0.3, -0.25) is 5.10 Å². The summed E-state index contributed by atoms with van der Waals surface area (Å²) in [5.74, 6) is 2.23. The normalized spacial score (nSPS) is 22.5. The lowest BCUT2D eigenvalue weighted by Gasteiger charge is -2.40. The molecule has 1 unspecified atom stereocenters. The summed E-state index contributed by atoms with van der Waals surface area (Å²) in [4.78, 5) is 35.1. The highest BCUT2D eigenvalue weighted by atomic mass is 19.1. The first-order valence-corrected chi connectivity index (χ1v) is 13.4. The van der Waals surface area contributed by atoms with Crippen LogP contribution in [0.5, 0.6) is 0 Å². The zero-order valence-electron chi connectivity index (χ0n) is 23.2. The number of anilines is 2. The van der Waals surface area contributed by atoms with E-state index in [2.05, 4.69) is 25.5 Å². The molecule has 11 nitrogen and oxygen atoms in total. The number of hydrogen-bond acceptors (Lipinski definition) is 8. The minimum Gasteiger partial charge on any atom is -0.402 e. The number of urea groups is 1. The SMILES string of the molecule is Cc1cc(Nc2cc(C)[nH]n2)nc(C2CCC3(CC2)CN(C(C)c2ccc(N=CC(F)=CN)nc2)C(=O)N3C)n1. The molecule has 12 heteroatoms. The van der Waals surface area contributed by atoms with Gasteiger partial charge in [0.2, 0.25) is 0 Å². The minimum absolute atomic E-state index is 0.00999. The van der Waals surface area contributed by atoms with E-state index in [4.69, 9.17) is 15.7 Å². The maximum Gasteiger partial charge on any atom is 0.320 e. The van der Waals surface area contributed by atoms with Crippen molar-refractivity contribution in [1.29, 1.82) is 0 Å². The van der Waals surface area contributed by atoms with Crippen LogP contribution in [0.3, 0.4) is 0 Å². The highest BCUT2D eigenvalue weighted by Gasteiger charge is 2.50. The van der Waals surface area contributed by atoms with E-state index in [-0.39, 0.29) is 23.5 Å². The van der Waals surface area contributed by atoms with E-state index < -0.39 is 5.83 Å². The topological polar surface area (TPSA) is 141 Å². The number of H-pyrrole nitrogens is 1. The fourth-order valence-electron chi connectivity index (χ4n) is 5.62. The number of carbonyl (C=O) groups excluding carboxylic acids is 1. The number of amides is 2. The third-order valence-electron chi connectivity index (χ3n) is 8.02. The molecule has 1 spiro atoms. The number of carbonyl (C=O) groups is 1. The summed E-state index contributed by atoms with van der Waals surface area (Å²) in [6, 6.07) is 7.27. The lowest BCUT2D eigenvalue weighted by molar-refractivity contribution is 0.132. The fraction of sp³-hybridized carbons (Fsp3) is 0.429. The highest BCUT2D eigenvalue weighted by molar-refractivity contribution is 5.79. The summed E-state index contributed by atoms with van der Waals surface area (Å²) in [6.45, 7) is 6.57. The van der Waals surface area contributed by atoms with Crippen LogP contribution in [-0.2, 0) is 0 Å². The van der Waals surface area contributed by atoms with Gasteiger partial charge in [0, 0.05) is 55.4 Å². The lowest BCUT2D eigenvalue weighted by atomic mass is 9.75. The number of aliphatic imine (C=N–C) groups is 1. The molecular formula is C28H35FN10O. The summed E-state index contributed by atoms with van der Waals surface area (Å²) in [5.41, 5.74) is 7.66. The fourth-order valence-corrected chi connectivity index (χ4v) is 5.62. The predicted octanol–water partition coefficient (Wildman–Crippen LogP) is 4.95. The number of nitrogens with one attached hydrogen (secondary N) is 2. The van der Waals surface area contributed by atoms with Crippen LogP contribution < -0.4 is 11.1 Å². The van der Waals surface area contributed by atoms with Gasteiger partial charge in [-0.05, 0) is 58.1 Å². The van der Waals surface area contributed by atoms with Crippen LogP contribution in [0.25, 0.3) is 0 Å². The molecule has 1 aliphatic carbocycles. The second kappa shape index (κ2) is 11.0. The van der Waals surface area contributed by atoms with Crippen molar-refractivity contribution in [2.24, 2.45) is 10.7 Å². The zero-order chi connectivity index (χ0) is 28.4. The number of rotatable bonds is 7. The minimum atomic E-state index is -0.639. The van der Waals surface area contributed by atoms with E-state index in [0.29, 0.717) is 12.4 Å². The van der Waals surface area contributed by atoms with Crippen LogP contribution in [0.4, 0.5) is 26.6 Å². The molecule has 210 valence electrons. The third-order valence-corrected chi connectivity index (χ3v) is 8.02. The molecule has 4 heterocycles. The first-order chi connectivity index (χ1) is 19.2. The van der Waals surface area contributed by atoms with Crippen molar-refractivity contribution >= 4 is 29.7 Å². The molecular weight excluding hydrogens is 511 g/mol. The van der Waals surface area contributed by atoms with E-state index in [1.165, 1.54) is 0 Å². The van der Waals surface area contributed by atoms with E-state index in [9.17, 15) is 9.18 Å². The van der Waals surface area contributed by atoms with Crippen LogP contribution in [0.2, 0.25) is 0 Å². The molecule has 0 aromatic carbocycles. The zero-order valence-corrected chi connectivity index (χ0v) is 23.2. The Bertz CT molecular complexity index is 1430.